The Hall–Kier alpha value is -4.10. The molecule has 0 saturated carbocycles. The van der Waals surface area contributed by atoms with E-state index in [9.17, 15) is 19.8 Å². The van der Waals surface area contributed by atoms with Gasteiger partial charge in [0.05, 0.1) is 11.6 Å². The minimum Gasteiger partial charge on any atom is -0.508 e. The maximum atomic E-state index is 13.3. The van der Waals surface area contributed by atoms with E-state index in [0.29, 0.717) is 36.6 Å². The fourth-order valence-corrected chi connectivity index (χ4v) is 4.75. The summed E-state index contributed by atoms with van der Waals surface area (Å²) in [6.07, 6.45) is 0. The van der Waals surface area contributed by atoms with Gasteiger partial charge >= 0.3 is 0 Å². The number of nitrogens with zero attached hydrogens (tertiary/aromatic N) is 2. The van der Waals surface area contributed by atoms with Crippen LogP contribution in [-0.2, 0) is 16.2 Å². The van der Waals surface area contributed by atoms with Crippen LogP contribution in [0, 0.1) is 6.92 Å². The van der Waals surface area contributed by atoms with Crippen LogP contribution in [0.25, 0.3) is 5.76 Å². The van der Waals surface area contributed by atoms with Crippen molar-refractivity contribution < 1.29 is 24.5 Å². The van der Waals surface area contributed by atoms with Crippen molar-refractivity contribution in [2.24, 2.45) is 0 Å². The topological polar surface area (TPSA) is 90.3 Å². The lowest BCUT2D eigenvalue weighted by atomic mass is 9.94. The van der Waals surface area contributed by atoms with Crippen molar-refractivity contribution in [2.45, 2.75) is 33.4 Å². The number of phenolic OH excluding ortho intramolecular Hbond substituents is 1. The Morgan fingerprint density at radius 1 is 0.974 bits per heavy atom. The average molecular weight is 515 g/mol. The number of carbonyl (C=O) groups excluding carboxylic acids is 2. The summed E-state index contributed by atoms with van der Waals surface area (Å²) >= 11 is 0. The molecule has 0 bridgehead atoms. The summed E-state index contributed by atoms with van der Waals surface area (Å²) in [4.78, 5) is 30.1. The molecule has 1 amide bonds. The van der Waals surface area contributed by atoms with Crippen LogP contribution >= 0.6 is 0 Å². The largest absolute Gasteiger partial charge is 0.508 e. The van der Waals surface area contributed by atoms with E-state index < -0.39 is 17.7 Å². The molecule has 1 aliphatic heterocycles. The number of benzene rings is 3. The summed E-state index contributed by atoms with van der Waals surface area (Å²) in [5.74, 6) is -0.848. The second-order valence-electron chi connectivity index (χ2n) is 9.37. The predicted molar refractivity (Wildman–Crippen MR) is 147 cm³/mol. The average Bonchev–Trinajstić information content (AvgIpc) is 3.18. The fourth-order valence-electron chi connectivity index (χ4n) is 4.75. The number of aryl methyl sites for hydroxylation is 1. The van der Waals surface area contributed by atoms with E-state index in [1.165, 1.54) is 17.0 Å². The lowest BCUT2D eigenvalue weighted by molar-refractivity contribution is -0.140. The van der Waals surface area contributed by atoms with Crippen LogP contribution in [0.5, 0.6) is 11.5 Å². The molecule has 1 heterocycles. The fraction of sp³-hybridized carbons (Fsp3) is 0.290. The first-order valence-electron chi connectivity index (χ1n) is 12.9. The van der Waals surface area contributed by atoms with Crippen LogP contribution in [0.3, 0.4) is 0 Å². The van der Waals surface area contributed by atoms with Gasteiger partial charge in [-0.05, 0) is 67.0 Å². The molecular formula is C31H34N2O5. The van der Waals surface area contributed by atoms with E-state index in [-0.39, 0.29) is 17.1 Å². The molecule has 198 valence electrons. The Kier molecular flexibility index (Phi) is 8.48. The zero-order valence-corrected chi connectivity index (χ0v) is 22.1. The van der Waals surface area contributed by atoms with Crippen molar-refractivity contribution in [2.75, 3.05) is 26.2 Å². The van der Waals surface area contributed by atoms with Gasteiger partial charge in [-0.25, -0.2) is 0 Å². The van der Waals surface area contributed by atoms with Gasteiger partial charge in [0, 0.05) is 18.7 Å². The number of carbonyl (C=O) groups is 2. The van der Waals surface area contributed by atoms with Gasteiger partial charge < -0.3 is 24.7 Å². The Morgan fingerprint density at radius 3 is 2.29 bits per heavy atom. The molecule has 7 nitrogen and oxygen atoms in total. The van der Waals surface area contributed by atoms with E-state index in [4.69, 9.17) is 4.74 Å². The maximum Gasteiger partial charge on any atom is 0.295 e. The molecule has 3 aromatic rings. The number of hydrogen-bond acceptors (Lipinski definition) is 6. The molecule has 3 aromatic carbocycles. The van der Waals surface area contributed by atoms with Gasteiger partial charge in [0.1, 0.15) is 23.9 Å². The number of rotatable bonds is 10. The summed E-state index contributed by atoms with van der Waals surface area (Å²) in [6, 6.07) is 20.7. The summed E-state index contributed by atoms with van der Waals surface area (Å²) in [5.41, 5.74) is 2.94. The third-order valence-corrected chi connectivity index (χ3v) is 6.99. The molecule has 0 aliphatic carbocycles. The Morgan fingerprint density at radius 2 is 1.66 bits per heavy atom. The molecule has 0 aromatic heterocycles. The van der Waals surface area contributed by atoms with E-state index >= 15 is 0 Å². The Bertz CT molecular complexity index is 1310. The zero-order chi connectivity index (χ0) is 27.2. The van der Waals surface area contributed by atoms with Crippen molar-refractivity contribution in [3.8, 4) is 11.5 Å². The molecule has 0 radical (unpaired) electrons. The number of phenols is 1. The Balaban J connectivity index is 1.68. The second kappa shape index (κ2) is 12.0. The minimum absolute atomic E-state index is 0.0394. The third-order valence-electron chi connectivity index (χ3n) is 6.99. The van der Waals surface area contributed by atoms with Crippen LogP contribution in [0.2, 0.25) is 0 Å². The van der Waals surface area contributed by atoms with Gasteiger partial charge in [0.25, 0.3) is 11.7 Å². The summed E-state index contributed by atoms with van der Waals surface area (Å²) in [6.45, 7) is 8.95. The highest BCUT2D eigenvalue weighted by atomic mass is 16.5. The first-order chi connectivity index (χ1) is 18.3. The van der Waals surface area contributed by atoms with Gasteiger partial charge in [0.15, 0.2) is 0 Å². The number of ketones is 1. The van der Waals surface area contributed by atoms with Crippen LogP contribution in [0.1, 0.15) is 42.1 Å². The number of aliphatic hydroxyl groups is 1. The van der Waals surface area contributed by atoms with Gasteiger partial charge in [-0.1, -0.05) is 56.3 Å². The van der Waals surface area contributed by atoms with Gasteiger partial charge in [-0.2, -0.15) is 0 Å². The normalized spacial score (nSPS) is 16.8. The van der Waals surface area contributed by atoms with Crippen molar-refractivity contribution in [1.82, 2.24) is 9.80 Å². The van der Waals surface area contributed by atoms with Crippen molar-refractivity contribution >= 4 is 17.4 Å². The minimum atomic E-state index is -0.763. The van der Waals surface area contributed by atoms with Crippen LogP contribution < -0.4 is 4.74 Å². The summed E-state index contributed by atoms with van der Waals surface area (Å²) in [7, 11) is 0. The number of aromatic hydroxyl groups is 1. The van der Waals surface area contributed by atoms with Gasteiger partial charge in [0.2, 0.25) is 0 Å². The van der Waals surface area contributed by atoms with E-state index in [0.717, 1.165) is 24.2 Å². The number of likely N-dealkylation sites (N-methyl/N-ethyl adjacent to an activating group) is 1. The van der Waals surface area contributed by atoms with Gasteiger partial charge in [-0.3, -0.25) is 9.59 Å². The first kappa shape index (κ1) is 26.9. The molecule has 7 heteroatoms. The lowest BCUT2D eigenvalue weighted by Gasteiger charge is -2.28. The molecule has 1 aliphatic rings. The maximum absolute atomic E-state index is 13.3. The number of amides is 1. The molecular weight excluding hydrogens is 480 g/mol. The highest BCUT2D eigenvalue weighted by Crippen LogP contribution is 2.40. The Labute approximate surface area is 223 Å². The summed E-state index contributed by atoms with van der Waals surface area (Å²) < 4.78 is 5.96. The first-order valence-corrected chi connectivity index (χ1v) is 12.9. The molecule has 1 atom stereocenters. The SMILES string of the molecule is CCN(CC)CCN1C(=O)C(=O)/C(=C(/O)c2ccc(OCc3ccccc3)c(C)c2)[C@H]1c1ccc(O)cc1. The van der Waals surface area contributed by atoms with Crippen LogP contribution in [-0.4, -0.2) is 57.9 Å². The highest BCUT2D eigenvalue weighted by molar-refractivity contribution is 6.46. The number of likely N-dealkylation sites (tertiary alicyclic amines) is 1. The van der Waals surface area contributed by atoms with Crippen molar-refractivity contribution in [3.63, 3.8) is 0 Å². The van der Waals surface area contributed by atoms with E-state index in [2.05, 4.69) is 4.90 Å². The number of Topliss-reactive ketones (excluding diaryl/α,β-unsaturated/α-hetero) is 1. The second-order valence-corrected chi connectivity index (χ2v) is 9.37. The molecule has 1 fully saturated rings. The monoisotopic (exact) mass is 514 g/mol. The number of aliphatic hydroxyl groups excluding tert-OH is 1. The van der Waals surface area contributed by atoms with E-state index in [1.54, 1.807) is 30.3 Å². The number of ether oxygens (including phenoxy) is 1. The lowest BCUT2D eigenvalue weighted by Crippen LogP contribution is -2.38. The quantitative estimate of drug-likeness (QED) is 0.224. The zero-order valence-electron chi connectivity index (χ0n) is 22.1. The molecule has 38 heavy (non-hydrogen) atoms. The van der Waals surface area contributed by atoms with Crippen molar-refractivity contribution in [1.29, 1.82) is 0 Å². The summed E-state index contributed by atoms with van der Waals surface area (Å²) in [5, 5.41) is 21.2. The predicted octanol–water partition coefficient (Wildman–Crippen LogP) is 5.04. The molecule has 0 unspecified atom stereocenters. The van der Waals surface area contributed by atoms with Crippen molar-refractivity contribution in [3.05, 3.63) is 101 Å². The third kappa shape index (κ3) is 5.73. The molecule has 1 saturated heterocycles. The van der Waals surface area contributed by atoms with Gasteiger partial charge in [-0.15, -0.1) is 0 Å². The standard InChI is InChI=1S/C31H34N2O5/c1-4-32(5-2)17-18-33-28(23-11-14-25(34)15-12-23)27(30(36)31(33)37)29(35)24-13-16-26(21(3)19-24)38-20-22-9-7-6-8-10-22/h6-16,19,28,34-35H,4-5,17-18,20H2,1-3H3/b29-27+/t28-/m1/s1. The smallest absolute Gasteiger partial charge is 0.295 e. The van der Waals surface area contributed by atoms with E-state index in [1.807, 2.05) is 51.1 Å². The molecule has 4 rings (SSSR count). The molecule has 0 spiro atoms. The highest BCUT2D eigenvalue weighted by Gasteiger charge is 2.46. The van der Waals surface area contributed by atoms with Crippen LogP contribution in [0.15, 0.2) is 78.4 Å². The number of hydrogen-bond donors (Lipinski definition) is 2. The van der Waals surface area contributed by atoms with Crippen LogP contribution in [0.4, 0.5) is 0 Å². The molecule has 2 N–H and O–H groups in total.